The molecule has 0 aliphatic heterocycles. The normalized spacial score (nSPS) is 10.7. The van der Waals surface area contributed by atoms with Gasteiger partial charge in [0.25, 0.3) is 0 Å². The Hall–Kier alpha value is -1.98. The Morgan fingerprint density at radius 1 is 1.14 bits per heavy atom. The minimum Gasteiger partial charge on any atom is -0.481 e. The lowest BCUT2D eigenvalue weighted by atomic mass is 10.1. The molecule has 5 heteroatoms. The first kappa shape index (κ1) is 14.0. The summed E-state index contributed by atoms with van der Waals surface area (Å²) in [5.74, 6) is -0.821. The molecule has 0 amide bonds. The van der Waals surface area contributed by atoms with E-state index in [4.69, 9.17) is 5.11 Å². The highest BCUT2D eigenvalue weighted by atomic mass is 32.1. The fraction of sp³-hybridized carbons (Fsp3) is 0.125. The summed E-state index contributed by atoms with van der Waals surface area (Å²) >= 11 is 3.19. The first-order valence-electron chi connectivity index (χ1n) is 6.50. The van der Waals surface area contributed by atoms with Crippen molar-refractivity contribution in [3.63, 3.8) is 0 Å². The molecular formula is C16H13NO2S2. The Kier molecular flexibility index (Phi) is 4.13. The van der Waals surface area contributed by atoms with Crippen molar-refractivity contribution in [3.05, 3.63) is 62.6 Å². The van der Waals surface area contributed by atoms with Crippen LogP contribution in [0.15, 0.2) is 47.8 Å². The molecule has 0 saturated heterocycles. The molecule has 3 nitrogen and oxygen atoms in total. The van der Waals surface area contributed by atoms with Gasteiger partial charge < -0.3 is 5.11 Å². The number of carboxylic acids is 1. The number of carboxylic acid groups (broad SMARTS) is 1. The van der Waals surface area contributed by atoms with Gasteiger partial charge in [0.15, 0.2) is 0 Å². The number of thiazole rings is 1. The van der Waals surface area contributed by atoms with Gasteiger partial charge in [-0.3, -0.25) is 4.79 Å². The van der Waals surface area contributed by atoms with Gasteiger partial charge in [0.2, 0.25) is 0 Å². The van der Waals surface area contributed by atoms with Gasteiger partial charge in [-0.05, 0) is 11.4 Å². The molecule has 0 spiro atoms. The van der Waals surface area contributed by atoms with Crippen LogP contribution in [0.5, 0.6) is 0 Å². The summed E-state index contributed by atoms with van der Waals surface area (Å²) in [5.41, 5.74) is 1.77. The Morgan fingerprint density at radius 2 is 1.95 bits per heavy atom. The van der Waals surface area contributed by atoms with E-state index in [0.717, 1.165) is 27.6 Å². The smallest absolute Gasteiger partial charge is 0.308 e. The summed E-state index contributed by atoms with van der Waals surface area (Å²) < 4.78 is 0. The molecule has 0 fully saturated rings. The average molecular weight is 315 g/mol. The van der Waals surface area contributed by atoms with Crippen molar-refractivity contribution in [1.29, 1.82) is 0 Å². The lowest BCUT2D eigenvalue weighted by Gasteiger charge is -1.99. The fourth-order valence-electron chi connectivity index (χ4n) is 2.12. The van der Waals surface area contributed by atoms with E-state index in [1.165, 1.54) is 16.2 Å². The molecule has 3 aromatic rings. The van der Waals surface area contributed by atoms with E-state index < -0.39 is 5.97 Å². The predicted molar refractivity (Wildman–Crippen MR) is 86.0 cm³/mol. The van der Waals surface area contributed by atoms with Crippen LogP contribution in [0.25, 0.3) is 11.3 Å². The van der Waals surface area contributed by atoms with Crippen molar-refractivity contribution in [2.24, 2.45) is 0 Å². The lowest BCUT2D eigenvalue weighted by Crippen LogP contribution is -1.99. The first-order valence-corrected chi connectivity index (χ1v) is 8.20. The summed E-state index contributed by atoms with van der Waals surface area (Å²) in [6, 6.07) is 13.9. The van der Waals surface area contributed by atoms with Crippen LogP contribution in [-0.4, -0.2) is 16.1 Å². The van der Waals surface area contributed by atoms with Crippen LogP contribution in [0, 0.1) is 0 Å². The van der Waals surface area contributed by atoms with Gasteiger partial charge in [0.05, 0.1) is 17.1 Å². The Labute approximate surface area is 130 Å². The zero-order valence-electron chi connectivity index (χ0n) is 11.2. The maximum Gasteiger partial charge on any atom is 0.308 e. The standard InChI is InChI=1S/C16H13NO2S2/c18-15(19)10-13-16(11-5-2-1-3-6-11)17-14(21-13)9-12-7-4-8-20-12/h1-8H,9-10H2,(H,18,19). The SMILES string of the molecule is O=C(O)Cc1sc(Cc2cccs2)nc1-c1ccccc1. The van der Waals surface area contributed by atoms with Gasteiger partial charge in [0, 0.05) is 21.7 Å². The second-order valence-electron chi connectivity index (χ2n) is 4.57. The van der Waals surface area contributed by atoms with Gasteiger partial charge in [0.1, 0.15) is 0 Å². The van der Waals surface area contributed by atoms with E-state index in [2.05, 4.69) is 11.1 Å². The third-order valence-electron chi connectivity index (χ3n) is 3.01. The number of thiophene rings is 1. The Balaban J connectivity index is 1.97. The molecule has 3 rings (SSSR count). The molecule has 0 radical (unpaired) electrons. The molecule has 106 valence electrons. The molecule has 0 atom stereocenters. The third-order valence-corrected chi connectivity index (χ3v) is 4.94. The van der Waals surface area contributed by atoms with Crippen molar-refractivity contribution in [2.45, 2.75) is 12.8 Å². The molecule has 1 N–H and O–H groups in total. The Bertz CT molecular complexity index is 733. The maximum absolute atomic E-state index is 11.1. The van der Waals surface area contributed by atoms with E-state index in [1.54, 1.807) is 11.3 Å². The largest absolute Gasteiger partial charge is 0.481 e. The second-order valence-corrected chi connectivity index (χ2v) is 6.77. The number of rotatable bonds is 5. The molecule has 21 heavy (non-hydrogen) atoms. The summed E-state index contributed by atoms with van der Waals surface area (Å²) in [7, 11) is 0. The Morgan fingerprint density at radius 3 is 2.62 bits per heavy atom. The third kappa shape index (κ3) is 3.37. The zero-order chi connectivity index (χ0) is 14.7. The number of nitrogens with zero attached hydrogens (tertiary/aromatic N) is 1. The zero-order valence-corrected chi connectivity index (χ0v) is 12.8. The van der Waals surface area contributed by atoms with E-state index in [9.17, 15) is 4.79 Å². The summed E-state index contributed by atoms with van der Waals surface area (Å²) in [5, 5.41) is 12.1. The number of hydrogen-bond acceptors (Lipinski definition) is 4. The van der Waals surface area contributed by atoms with Crippen molar-refractivity contribution in [3.8, 4) is 11.3 Å². The molecular weight excluding hydrogens is 302 g/mol. The van der Waals surface area contributed by atoms with Gasteiger partial charge >= 0.3 is 5.97 Å². The number of benzene rings is 1. The molecule has 2 aromatic heterocycles. The minimum atomic E-state index is -0.821. The van der Waals surface area contributed by atoms with Crippen LogP contribution in [0.2, 0.25) is 0 Å². The molecule has 0 bridgehead atoms. The van der Waals surface area contributed by atoms with E-state index in [-0.39, 0.29) is 6.42 Å². The van der Waals surface area contributed by atoms with Crippen molar-refractivity contribution < 1.29 is 9.90 Å². The first-order chi connectivity index (χ1) is 10.2. The maximum atomic E-state index is 11.1. The van der Waals surface area contributed by atoms with Crippen LogP contribution in [-0.2, 0) is 17.6 Å². The molecule has 0 aliphatic rings. The van der Waals surface area contributed by atoms with Crippen LogP contribution < -0.4 is 0 Å². The molecule has 0 aliphatic carbocycles. The van der Waals surface area contributed by atoms with Gasteiger partial charge in [-0.2, -0.15) is 0 Å². The van der Waals surface area contributed by atoms with Gasteiger partial charge in [-0.25, -0.2) is 4.98 Å². The second kappa shape index (κ2) is 6.20. The summed E-state index contributed by atoms with van der Waals surface area (Å²) in [4.78, 5) is 17.8. The highest BCUT2D eigenvalue weighted by Crippen LogP contribution is 2.30. The number of aromatic nitrogens is 1. The van der Waals surface area contributed by atoms with Gasteiger partial charge in [-0.15, -0.1) is 22.7 Å². The molecule has 0 unspecified atom stereocenters. The highest BCUT2D eigenvalue weighted by molar-refractivity contribution is 7.12. The van der Waals surface area contributed by atoms with Crippen molar-refractivity contribution in [2.75, 3.05) is 0 Å². The summed E-state index contributed by atoms with van der Waals surface area (Å²) in [6.07, 6.45) is 0.786. The van der Waals surface area contributed by atoms with Crippen LogP contribution in [0.1, 0.15) is 14.8 Å². The van der Waals surface area contributed by atoms with E-state index in [0.29, 0.717) is 0 Å². The lowest BCUT2D eigenvalue weighted by molar-refractivity contribution is -0.136. The highest BCUT2D eigenvalue weighted by Gasteiger charge is 2.16. The number of hydrogen-bond donors (Lipinski definition) is 1. The van der Waals surface area contributed by atoms with Crippen LogP contribution >= 0.6 is 22.7 Å². The quantitative estimate of drug-likeness (QED) is 0.771. The summed E-state index contributed by atoms with van der Waals surface area (Å²) in [6.45, 7) is 0. The predicted octanol–water partition coefficient (Wildman–Crippen LogP) is 4.09. The minimum absolute atomic E-state index is 0.0202. The van der Waals surface area contributed by atoms with Gasteiger partial charge in [-0.1, -0.05) is 36.4 Å². The van der Waals surface area contributed by atoms with Crippen LogP contribution in [0.4, 0.5) is 0 Å². The topological polar surface area (TPSA) is 50.2 Å². The molecule has 1 aromatic carbocycles. The molecule has 0 saturated carbocycles. The fourth-order valence-corrected chi connectivity index (χ4v) is 4.02. The number of carbonyl (C=O) groups is 1. The van der Waals surface area contributed by atoms with E-state index >= 15 is 0 Å². The molecule has 2 heterocycles. The van der Waals surface area contributed by atoms with Crippen LogP contribution in [0.3, 0.4) is 0 Å². The van der Waals surface area contributed by atoms with Crippen molar-refractivity contribution in [1.82, 2.24) is 4.98 Å². The monoisotopic (exact) mass is 315 g/mol. The number of aliphatic carboxylic acids is 1. The van der Waals surface area contributed by atoms with Crippen molar-refractivity contribution >= 4 is 28.6 Å². The van der Waals surface area contributed by atoms with E-state index in [1.807, 2.05) is 41.8 Å². The average Bonchev–Trinajstić information content (AvgIpc) is 3.10.